The Kier molecular flexibility index (Phi) is 5.51. The van der Waals surface area contributed by atoms with Crippen LogP contribution in [0.4, 0.5) is 0 Å². The molecule has 1 N–H and O–H groups in total. The maximum atomic E-state index is 4.72. The van der Waals surface area contributed by atoms with Crippen molar-refractivity contribution in [1.82, 2.24) is 20.1 Å². The van der Waals surface area contributed by atoms with E-state index in [9.17, 15) is 0 Å². The summed E-state index contributed by atoms with van der Waals surface area (Å²) in [5, 5.41) is 7.96. The summed E-state index contributed by atoms with van der Waals surface area (Å²) in [6, 6.07) is 6.33. The Morgan fingerprint density at radius 2 is 2.10 bits per heavy atom. The molecule has 0 saturated carbocycles. The van der Waals surface area contributed by atoms with Crippen molar-refractivity contribution in [2.45, 2.75) is 47.1 Å². The smallest absolute Gasteiger partial charge is 0.153 e. The average molecular weight is 286 g/mol. The van der Waals surface area contributed by atoms with Crippen molar-refractivity contribution < 1.29 is 0 Å². The fourth-order valence-corrected chi connectivity index (χ4v) is 2.28. The lowest BCUT2D eigenvalue weighted by Gasteiger charge is -2.11. The van der Waals surface area contributed by atoms with Crippen LogP contribution in [-0.4, -0.2) is 21.3 Å². The highest BCUT2D eigenvalue weighted by molar-refractivity contribution is 5.31. The summed E-state index contributed by atoms with van der Waals surface area (Å²) in [6.45, 7) is 10.5. The topological polar surface area (TPSA) is 42.7 Å². The van der Waals surface area contributed by atoms with Crippen molar-refractivity contribution in [2.75, 3.05) is 6.54 Å². The number of nitrogens with zero attached hydrogens (tertiary/aromatic N) is 3. The molecular weight excluding hydrogens is 260 g/mol. The molecule has 2 heterocycles. The molecule has 0 bridgehead atoms. The van der Waals surface area contributed by atoms with E-state index in [0.717, 1.165) is 43.1 Å². The van der Waals surface area contributed by atoms with Crippen LogP contribution in [0.2, 0.25) is 0 Å². The van der Waals surface area contributed by atoms with E-state index >= 15 is 0 Å². The molecule has 21 heavy (non-hydrogen) atoms. The first-order valence-electron chi connectivity index (χ1n) is 7.81. The summed E-state index contributed by atoms with van der Waals surface area (Å²) in [7, 11) is 0. The summed E-state index contributed by atoms with van der Waals surface area (Å²) in [5.74, 6) is 1.57. The highest BCUT2D eigenvalue weighted by atomic mass is 15.3. The van der Waals surface area contributed by atoms with Gasteiger partial charge >= 0.3 is 0 Å². The normalized spacial score (nSPS) is 11.3. The molecule has 0 aliphatic rings. The summed E-state index contributed by atoms with van der Waals surface area (Å²) in [5.41, 5.74) is 3.43. The van der Waals surface area contributed by atoms with Gasteiger partial charge in [0.2, 0.25) is 0 Å². The largest absolute Gasteiger partial charge is 0.312 e. The minimum atomic E-state index is 0.662. The van der Waals surface area contributed by atoms with Crippen molar-refractivity contribution in [2.24, 2.45) is 5.92 Å². The van der Waals surface area contributed by atoms with Crippen molar-refractivity contribution in [3.8, 4) is 5.82 Å². The number of aryl methyl sites for hydroxylation is 2. The van der Waals surface area contributed by atoms with Gasteiger partial charge in [0, 0.05) is 18.4 Å². The first kappa shape index (κ1) is 15.7. The first-order valence-corrected chi connectivity index (χ1v) is 7.81. The number of hydrogen-bond donors (Lipinski definition) is 1. The van der Waals surface area contributed by atoms with Crippen LogP contribution in [0.25, 0.3) is 5.82 Å². The molecule has 0 spiro atoms. The van der Waals surface area contributed by atoms with Gasteiger partial charge in [0.25, 0.3) is 0 Å². The molecule has 0 aliphatic carbocycles. The Morgan fingerprint density at radius 3 is 2.71 bits per heavy atom. The van der Waals surface area contributed by atoms with Gasteiger partial charge < -0.3 is 5.32 Å². The SMILES string of the molecule is CCCc1cc(CNCC(C)C)cc(-n2ccc(C)n2)n1. The number of nitrogens with one attached hydrogen (secondary N) is 1. The van der Waals surface area contributed by atoms with Crippen LogP contribution in [-0.2, 0) is 13.0 Å². The van der Waals surface area contributed by atoms with Gasteiger partial charge in [-0.25, -0.2) is 9.67 Å². The van der Waals surface area contributed by atoms with Gasteiger partial charge in [-0.1, -0.05) is 27.2 Å². The lowest BCUT2D eigenvalue weighted by Crippen LogP contribution is -2.19. The van der Waals surface area contributed by atoms with Crippen molar-refractivity contribution in [3.63, 3.8) is 0 Å². The predicted molar refractivity (Wildman–Crippen MR) is 86.6 cm³/mol. The van der Waals surface area contributed by atoms with Crippen LogP contribution in [0.15, 0.2) is 24.4 Å². The van der Waals surface area contributed by atoms with E-state index in [1.165, 1.54) is 5.56 Å². The zero-order chi connectivity index (χ0) is 15.2. The van der Waals surface area contributed by atoms with Crippen LogP contribution in [0, 0.1) is 12.8 Å². The van der Waals surface area contributed by atoms with Gasteiger partial charge in [-0.05, 0) is 49.6 Å². The van der Waals surface area contributed by atoms with Crippen molar-refractivity contribution in [1.29, 1.82) is 0 Å². The van der Waals surface area contributed by atoms with E-state index in [0.29, 0.717) is 5.92 Å². The van der Waals surface area contributed by atoms with Crippen LogP contribution in [0.1, 0.15) is 44.1 Å². The standard InChI is InChI=1S/C17H26N4/c1-5-6-16-9-15(12-18-11-13(2)3)10-17(19-16)21-8-7-14(4)20-21/h7-10,13,18H,5-6,11-12H2,1-4H3. The van der Waals surface area contributed by atoms with Gasteiger partial charge in [0.15, 0.2) is 5.82 Å². The van der Waals surface area contributed by atoms with Gasteiger partial charge in [-0.2, -0.15) is 5.10 Å². The average Bonchev–Trinajstić information content (AvgIpc) is 2.85. The summed E-state index contributed by atoms with van der Waals surface area (Å²) >= 11 is 0. The van der Waals surface area contributed by atoms with E-state index in [2.05, 4.69) is 43.3 Å². The Morgan fingerprint density at radius 1 is 1.29 bits per heavy atom. The number of hydrogen-bond acceptors (Lipinski definition) is 3. The molecule has 0 amide bonds. The lowest BCUT2D eigenvalue weighted by molar-refractivity contribution is 0.551. The van der Waals surface area contributed by atoms with E-state index in [4.69, 9.17) is 4.98 Å². The molecule has 0 unspecified atom stereocenters. The Balaban J connectivity index is 2.21. The number of aromatic nitrogens is 3. The van der Waals surface area contributed by atoms with Crippen LogP contribution in [0.3, 0.4) is 0 Å². The third kappa shape index (κ3) is 4.67. The van der Waals surface area contributed by atoms with Crippen molar-refractivity contribution in [3.05, 3.63) is 41.3 Å². The maximum absolute atomic E-state index is 4.72. The molecule has 0 aliphatic heterocycles. The maximum Gasteiger partial charge on any atom is 0.153 e. The molecule has 0 aromatic carbocycles. The fraction of sp³-hybridized carbons (Fsp3) is 0.529. The monoisotopic (exact) mass is 286 g/mol. The number of rotatable bonds is 7. The van der Waals surface area contributed by atoms with E-state index in [1.807, 2.05) is 23.9 Å². The Bertz CT molecular complexity index is 572. The molecule has 4 heteroatoms. The van der Waals surface area contributed by atoms with Gasteiger partial charge in [-0.15, -0.1) is 0 Å². The second-order valence-corrected chi connectivity index (χ2v) is 6.00. The Hall–Kier alpha value is -1.68. The molecule has 0 saturated heterocycles. The van der Waals surface area contributed by atoms with E-state index < -0.39 is 0 Å². The molecule has 4 nitrogen and oxygen atoms in total. The predicted octanol–water partition coefficient (Wildman–Crippen LogP) is 3.27. The Labute approximate surface area is 127 Å². The number of pyridine rings is 1. The summed E-state index contributed by atoms with van der Waals surface area (Å²) in [4.78, 5) is 4.72. The zero-order valence-electron chi connectivity index (χ0n) is 13.6. The highest BCUT2D eigenvalue weighted by Gasteiger charge is 2.06. The highest BCUT2D eigenvalue weighted by Crippen LogP contribution is 2.12. The minimum absolute atomic E-state index is 0.662. The van der Waals surface area contributed by atoms with Crippen LogP contribution < -0.4 is 5.32 Å². The van der Waals surface area contributed by atoms with Crippen molar-refractivity contribution >= 4 is 0 Å². The quantitative estimate of drug-likeness (QED) is 0.849. The minimum Gasteiger partial charge on any atom is -0.312 e. The van der Waals surface area contributed by atoms with Gasteiger partial charge in [0.1, 0.15) is 0 Å². The molecule has 2 aromatic rings. The third-order valence-electron chi connectivity index (χ3n) is 3.27. The van der Waals surface area contributed by atoms with E-state index in [1.54, 1.807) is 0 Å². The fourth-order valence-electron chi connectivity index (χ4n) is 2.28. The van der Waals surface area contributed by atoms with Gasteiger partial charge in [-0.3, -0.25) is 0 Å². The first-order chi connectivity index (χ1) is 10.1. The van der Waals surface area contributed by atoms with Gasteiger partial charge in [0.05, 0.1) is 5.69 Å². The molecule has 114 valence electrons. The molecule has 0 fully saturated rings. The molecular formula is C17H26N4. The second kappa shape index (κ2) is 7.36. The molecule has 2 aromatic heterocycles. The molecule has 0 radical (unpaired) electrons. The molecule has 2 rings (SSSR count). The second-order valence-electron chi connectivity index (χ2n) is 6.00. The van der Waals surface area contributed by atoms with Crippen LogP contribution in [0.5, 0.6) is 0 Å². The lowest BCUT2D eigenvalue weighted by atomic mass is 10.1. The third-order valence-corrected chi connectivity index (χ3v) is 3.27. The van der Waals surface area contributed by atoms with E-state index in [-0.39, 0.29) is 0 Å². The zero-order valence-corrected chi connectivity index (χ0v) is 13.6. The summed E-state index contributed by atoms with van der Waals surface area (Å²) in [6.07, 6.45) is 4.08. The summed E-state index contributed by atoms with van der Waals surface area (Å²) < 4.78 is 1.86. The molecule has 0 atom stereocenters. The van der Waals surface area contributed by atoms with Crippen LogP contribution >= 0.6 is 0 Å².